The predicted octanol–water partition coefficient (Wildman–Crippen LogP) is 3.26. The number of rotatable bonds is 4. The molecule has 2 nitrogen and oxygen atoms in total. The Morgan fingerprint density at radius 3 is 2.24 bits per heavy atom. The van der Waals surface area contributed by atoms with E-state index >= 15 is 0 Å². The van der Waals surface area contributed by atoms with Gasteiger partial charge in [-0.3, -0.25) is 0 Å². The van der Waals surface area contributed by atoms with E-state index in [0.29, 0.717) is 6.42 Å². The van der Waals surface area contributed by atoms with E-state index in [-0.39, 0.29) is 6.04 Å². The van der Waals surface area contributed by atoms with Crippen molar-refractivity contribution < 1.29 is 5.11 Å². The Morgan fingerprint density at radius 2 is 1.62 bits per heavy atom. The molecule has 0 aromatic heterocycles. The topological polar surface area (TPSA) is 32.3 Å². The van der Waals surface area contributed by atoms with E-state index in [9.17, 15) is 5.11 Å². The second kappa shape index (κ2) is 6.42. The van der Waals surface area contributed by atoms with Crippen LogP contribution in [0.4, 0.5) is 0 Å². The van der Waals surface area contributed by atoms with Gasteiger partial charge in [-0.1, -0.05) is 67.1 Å². The van der Waals surface area contributed by atoms with Crippen LogP contribution in [-0.4, -0.2) is 17.7 Å². The molecule has 1 fully saturated rings. The molecule has 0 aliphatic carbocycles. The van der Waals surface area contributed by atoms with Crippen molar-refractivity contribution in [1.29, 1.82) is 0 Å². The first-order chi connectivity index (χ1) is 10.3. The number of aliphatic hydroxyl groups is 1. The van der Waals surface area contributed by atoms with Crippen molar-refractivity contribution in [3.63, 3.8) is 0 Å². The van der Waals surface area contributed by atoms with Crippen molar-refractivity contribution in [2.24, 2.45) is 0 Å². The van der Waals surface area contributed by atoms with E-state index in [1.54, 1.807) is 0 Å². The normalized spacial score (nSPS) is 21.7. The molecule has 0 radical (unpaired) electrons. The molecule has 0 saturated carbocycles. The fourth-order valence-corrected chi connectivity index (χ4v) is 3.32. The summed E-state index contributed by atoms with van der Waals surface area (Å²) in [4.78, 5) is 0. The number of hydrogen-bond acceptors (Lipinski definition) is 2. The van der Waals surface area contributed by atoms with E-state index in [0.717, 1.165) is 18.5 Å². The molecule has 1 saturated heterocycles. The molecule has 1 unspecified atom stereocenters. The van der Waals surface area contributed by atoms with Crippen molar-refractivity contribution >= 4 is 0 Å². The van der Waals surface area contributed by atoms with Crippen LogP contribution in [0.1, 0.15) is 30.4 Å². The SMILES string of the molecule is OC(Cc1ccccc1)(c1ccccc1)[C@@H]1CCCCN1. The van der Waals surface area contributed by atoms with Crippen LogP contribution in [0.25, 0.3) is 0 Å². The van der Waals surface area contributed by atoms with Gasteiger partial charge in [0.15, 0.2) is 0 Å². The quantitative estimate of drug-likeness (QED) is 0.901. The number of nitrogens with one attached hydrogen (secondary N) is 1. The molecular formula is C19H23NO. The summed E-state index contributed by atoms with van der Waals surface area (Å²) in [5, 5.41) is 15.0. The largest absolute Gasteiger partial charge is 0.383 e. The summed E-state index contributed by atoms with van der Waals surface area (Å²) in [7, 11) is 0. The van der Waals surface area contributed by atoms with Gasteiger partial charge in [0, 0.05) is 12.5 Å². The Balaban J connectivity index is 1.94. The van der Waals surface area contributed by atoms with E-state index in [1.807, 2.05) is 48.5 Å². The highest BCUT2D eigenvalue weighted by Crippen LogP contribution is 2.33. The molecule has 2 heteroatoms. The van der Waals surface area contributed by atoms with Crippen molar-refractivity contribution in [3.05, 3.63) is 71.8 Å². The summed E-state index contributed by atoms with van der Waals surface area (Å²) in [5.74, 6) is 0. The van der Waals surface area contributed by atoms with Crippen molar-refractivity contribution in [2.45, 2.75) is 37.3 Å². The van der Waals surface area contributed by atoms with Crippen LogP contribution in [0, 0.1) is 0 Å². The zero-order valence-corrected chi connectivity index (χ0v) is 12.3. The van der Waals surface area contributed by atoms with Crippen LogP contribution in [0.15, 0.2) is 60.7 Å². The first-order valence-electron chi connectivity index (χ1n) is 7.84. The zero-order chi connectivity index (χ0) is 14.5. The summed E-state index contributed by atoms with van der Waals surface area (Å²) in [6.45, 7) is 0.995. The minimum Gasteiger partial charge on any atom is -0.383 e. The Hall–Kier alpha value is -1.64. The molecule has 3 rings (SSSR count). The van der Waals surface area contributed by atoms with E-state index < -0.39 is 5.60 Å². The summed E-state index contributed by atoms with van der Waals surface area (Å²) < 4.78 is 0. The average Bonchev–Trinajstić information content (AvgIpc) is 2.57. The standard InChI is InChI=1S/C19H23NO/c21-19(17-11-5-2-6-12-17,18-13-7-8-14-20-18)15-16-9-3-1-4-10-16/h1-6,9-12,18,20-21H,7-8,13-15H2/t18-,19?/m0/s1. The second-order valence-corrected chi connectivity index (χ2v) is 5.96. The molecule has 2 N–H and O–H groups in total. The van der Waals surface area contributed by atoms with E-state index in [4.69, 9.17) is 0 Å². The lowest BCUT2D eigenvalue weighted by Gasteiger charge is -2.40. The third-order valence-corrected chi connectivity index (χ3v) is 4.48. The van der Waals surface area contributed by atoms with Gasteiger partial charge in [-0.15, -0.1) is 0 Å². The van der Waals surface area contributed by atoms with Crippen molar-refractivity contribution in [2.75, 3.05) is 6.54 Å². The van der Waals surface area contributed by atoms with Gasteiger partial charge in [-0.2, -0.15) is 0 Å². The van der Waals surface area contributed by atoms with Gasteiger partial charge in [0.1, 0.15) is 5.60 Å². The van der Waals surface area contributed by atoms with E-state index in [1.165, 1.54) is 18.4 Å². The first-order valence-corrected chi connectivity index (χ1v) is 7.84. The fraction of sp³-hybridized carbons (Fsp3) is 0.368. The number of benzene rings is 2. The van der Waals surface area contributed by atoms with Gasteiger partial charge in [-0.25, -0.2) is 0 Å². The van der Waals surface area contributed by atoms with Gasteiger partial charge >= 0.3 is 0 Å². The minimum absolute atomic E-state index is 0.119. The van der Waals surface area contributed by atoms with E-state index in [2.05, 4.69) is 17.4 Å². The Kier molecular flexibility index (Phi) is 4.37. The van der Waals surface area contributed by atoms with Gasteiger partial charge in [0.05, 0.1) is 0 Å². The molecule has 110 valence electrons. The van der Waals surface area contributed by atoms with Gasteiger partial charge < -0.3 is 10.4 Å². The minimum atomic E-state index is -0.844. The van der Waals surface area contributed by atoms with Gasteiger partial charge in [-0.05, 0) is 30.5 Å². The van der Waals surface area contributed by atoms with Crippen LogP contribution in [0.3, 0.4) is 0 Å². The highest BCUT2D eigenvalue weighted by Gasteiger charge is 2.38. The summed E-state index contributed by atoms with van der Waals surface area (Å²) in [6, 6.07) is 20.5. The molecule has 2 aromatic rings. The van der Waals surface area contributed by atoms with Crippen LogP contribution >= 0.6 is 0 Å². The molecule has 1 aliphatic rings. The number of hydrogen-bond donors (Lipinski definition) is 2. The maximum atomic E-state index is 11.5. The van der Waals surface area contributed by atoms with Gasteiger partial charge in [0.25, 0.3) is 0 Å². The molecule has 2 atom stereocenters. The van der Waals surface area contributed by atoms with Crippen LogP contribution in [0.5, 0.6) is 0 Å². The Bertz CT molecular complexity index is 548. The average molecular weight is 281 g/mol. The third kappa shape index (κ3) is 3.17. The van der Waals surface area contributed by atoms with Crippen LogP contribution in [0.2, 0.25) is 0 Å². The highest BCUT2D eigenvalue weighted by molar-refractivity contribution is 5.29. The molecule has 2 aromatic carbocycles. The lowest BCUT2D eigenvalue weighted by Crippen LogP contribution is -2.52. The monoisotopic (exact) mass is 281 g/mol. The molecule has 0 bridgehead atoms. The van der Waals surface area contributed by atoms with Crippen molar-refractivity contribution in [1.82, 2.24) is 5.32 Å². The molecule has 0 spiro atoms. The first kappa shape index (κ1) is 14.3. The van der Waals surface area contributed by atoms with Crippen molar-refractivity contribution in [3.8, 4) is 0 Å². The fourth-order valence-electron chi connectivity index (χ4n) is 3.32. The molecule has 21 heavy (non-hydrogen) atoms. The summed E-state index contributed by atoms with van der Waals surface area (Å²) in [5.41, 5.74) is 1.34. The predicted molar refractivity (Wildman–Crippen MR) is 86.1 cm³/mol. The molecule has 1 heterocycles. The Morgan fingerprint density at radius 1 is 0.952 bits per heavy atom. The van der Waals surface area contributed by atoms with Crippen LogP contribution in [-0.2, 0) is 12.0 Å². The zero-order valence-electron chi connectivity index (χ0n) is 12.3. The lowest BCUT2D eigenvalue weighted by molar-refractivity contribution is -0.0121. The molecule has 1 aliphatic heterocycles. The summed E-state index contributed by atoms with van der Waals surface area (Å²) >= 11 is 0. The third-order valence-electron chi connectivity index (χ3n) is 4.48. The number of piperidine rings is 1. The molecule has 0 amide bonds. The smallest absolute Gasteiger partial charge is 0.109 e. The second-order valence-electron chi connectivity index (χ2n) is 5.96. The molecular weight excluding hydrogens is 258 g/mol. The maximum Gasteiger partial charge on any atom is 0.109 e. The highest BCUT2D eigenvalue weighted by atomic mass is 16.3. The van der Waals surface area contributed by atoms with Gasteiger partial charge in [0.2, 0.25) is 0 Å². The maximum absolute atomic E-state index is 11.5. The summed E-state index contributed by atoms with van der Waals surface area (Å²) in [6.07, 6.45) is 4.06. The Labute approximate surface area is 126 Å². The van der Waals surface area contributed by atoms with Crippen LogP contribution < -0.4 is 5.32 Å². The lowest BCUT2D eigenvalue weighted by atomic mass is 9.78.